The van der Waals surface area contributed by atoms with Crippen LogP contribution in [0.1, 0.15) is 32.6 Å². The molecule has 4 nitrogen and oxygen atoms in total. The SMILES string of the molecule is CC(Oc1ccc(F)c(F)c1)C(=O)NC1CC2CCC(C1)N2. The molecule has 3 atom stereocenters. The van der Waals surface area contributed by atoms with Crippen LogP contribution in [0.3, 0.4) is 0 Å². The molecule has 0 spiro atoms. The van der Waals surface area contributed by atoms with E-state index in [1.54, 1.807) is 6.92 Å². The van der Waals surface area contributed by atoms with E-state index in [1.807, 2.05) is 0 Å². The molecule has 22 heavy (non-hydrogen) atoms. The van der Waals surface area contributed by atoms with Gasteiger partial charge >= 0.3 is 0 Å². The number of carbonyl (C=O) groups excluding carboxylic acids is 1. The van der Waals surface area contributed by atoms with E-state index in [0.29, 0.717) is 12.1 Å². The van der Waals surface area contributed by atoms with Gasteiger partial charge in [0.1, 0.15) is 5.75 Å². The Hall–Kier alpha value is -1.69. The van der Waals surface area contributed by atoms with Crippen molar-refractivity contribution in [2.24, 2.45) is 0 Å². The fourth-order valence-corrected chi connectivity index (χ4v) is 3.30. The first-order valence-corrected chi connectivity index (χ1v) is 7.69. The van der Waals surface area contributed by atoms with Crippen molar-refractivity contribution in [2.45, 2.75) is 56.8 Å². The standard InChI is InChI=1S/C16H20F2N2O2/c1-9(22-13-4-5-14(17)15(18)8-13)16(21)20-12-6-10-2-3-11(7-12)19-10/h4-5,8-12,19H,2-3,6-7H2,1H3,(H,20,21). The Balaban J connectivity index is 1.54. The molecule has 2 aliphatic rings. The Morgan fingerprint density at radius 2 is 1.95 bits per heavy atom. The monoisotopic (exact) mass is 310 g/mol. The molecule has 2 saturated heterocycles. The molecule has 0 aromatic heterocycles. The molecule has 2 heterocycles. The fourth-order valence-electron chi connectivity index (χ4n) is 3.30. The lowest BCUT2D eigenvalue weighted by molar-refractivity contribution is -0.128. The van der Waals surface area contributed by atoms with Gasteiger partial charge in [0.25, 0.3) is 5.91 Å². The zero-order chi connectivity index (χ0) is 15.7. The van der Waals surface area contributed by atoms with Crippen molar-refractivity contribution in [3.05, 3.63) is 29.8 Å². The number of benzene rings is 1. The number of ether oxygens (including phenoxy) is 1. The van der Waals surface area contributed by atoms with E-state index in [1.165, 1.54) is 6.07 Å². The molecule has 2 bridgehead atoms. The van der Waals surface area contributed by atoms with Crippen molar-refractivity contribution in [1.29, 1.82) is 0 Å². The Morgan fingerprint density at radius 3 is 2.59 bits per heavy atom. The second kappa shape index (κ2) is 6.20. The highest BCUT2D eigenvalue weighted by Crippen LogP contribution is 2.27. The first-order valence-electron chi connectivity index (χ1n) is 7.69. The van der Waals surface area contributed by atoms with Crippen LogP contribution >= 0.6 is 0 Å². The molecule has 3 unspecified atom stereocenters. The summed E-state index contributed by atoms with van der Waals surface area (Å²) in [6.45, 7) is 1.60. The summed E-state index contributed by atoms with van der Waals surface area (Å²) < 4.78 is 31.4. The van der Waals surface area contributed by atoms with Gasteiger partial charge in [0.2, 0.25) is 0 Å². The van der Waals surface area contributed by atoms with Gasteiger partial charge in [-0.3, -0.25) is 4.79 Å². The topological polar surface area (TPSA) is 50.4 Å². The number of halogens is 2. The number of piperidine rings is 1. The summed E-state index contributed by atoms with van der Waals surface area (Å²) in [5.74, 6) is -2.00. The zero-order valence-electron chi connectivity index (χ0n) is 12.4. The number of nitrogens with one attached hydrogen (secondary N) is 2. The third kappa shape index (κ3) is 3.38. The minimum Gasteiger partial charge on any atom is -0.481 e. The van der Waals surface area contributed by atoms with E-state index in [0.717, 1.165) is 37.8 Å². The summed E-state index contributed by atoms with van der Waals surface area (Å²) in [7, 11) is 0. The summed E-state index contributed by atoms with van der Waals surface area (Å²) in [6, 6.07) is 4.39. The van der Waals surface area contributed by atoms with Crippen molar-refractivity contribution in [3.63, 3.8) is 0 Å². The van der Waals surface area contributed by atoms with E-state index in [2.05, 4.69) is 10.6 Å². The van der Waals surface area contributed by atoms with Crippen molar-refractivity contribution >= 4 is 5.91 Å². The molecule has 2 fully saturated rings. The molecule has 120 valence electrons. The van der Waals surface area contributed by atoms with Crippen LogP contribution in [0.5, 0.6) is 5.75 Å². The molecule has 0 aliphatic carbocycles. The van der Waals surface area contributed by atoms with E-state index < -0.39 is 17.7 Å². The quantitative estimate of drug-likeness (QED) is 0.896. The van der Waals surface area contributed by atoms with Crippen molar-refractivity contribution in [2.75, 3.05) is 0 Å². The number of amides is 1. The summed E-state index contributed by atoms with van der Waals surface area (Å²) in [4.78, 5) is 12.2. The molecule has 1 amide bonds. The second-order valence-electron chi connectivity index (χ2n) is 6.15. The average Bonchev–Trinajstić information content (AvgIpc) is 2.82. The molecule has 1 aromatic carbocycles. The maximum Gasteiger partial charge on any atom is 0.260 e. The highest BCUT2D eigenvalue weighted by molar-refractivity contribution is 5.81. The average molecular weight is 310 g/mol. The van der Waals surface area contributed by atoms with Gasteiger partial charge in [-0.1, -0.05) is 0 Å². The lowest BCUT2D eigenvalue weighted by Crippen LogP contribution is -2.50. The number of hydrogen-bond donors (Lipinski definition) is 2. The summed E-state index contributed by atoms with van der Waals surface area (Å²) in [6.07, 6.45) is 3.44. The van der Waals surface area contributed by atoms with Crippen LogP contribution in [0, 0.1) is 11.6 Å². The van der Waals surface area contributed by atoms with Gasteiger partial charge in [-0.25, -0.2) is 8.78 Å². The van der Waals surface area contributed by atoms with Crippen LogP contribution in [0.25, 0.3) is 0 Å². The maximum atomic E-state index is 13.1. The zero-order valence-corrected chi connectivity index (χ0v) is 12.4. The lowest BCUT2D eigenvalue weighted by Gasteiger charge is -2.30. The van der Waals surface area contributed by atoms with Crippen LogP contribution in [0.2, 0.25) is 0 Å². The summed E-state index contributed by atoms with van der Waals surface area (Å²) in [5.41, 5.74) is 0. The minimum atomic E-state index is -0.986. The highest BCUT2D eigenvalue weighted by atomic mass is 19.2. The van der Waals surface area contributed by atoms with Gasteiger partial charge in [-0.15, -0.1) is 0 Å². The van der Waals surface area contributed by atoms with E-state index >= 15 is 0 Å². The van der Waals surface area contributed by atoms with Crippen LogP contribution < -0.4 is 15.4 Å². The van der Waals surface area contributed by atoms with E-state index in [-0.39, 0.29) is 17.7 Å². The number of rotatable bonds is 4. The largest absolute Gasteiger partial charge is 0.481 e. The highest BCUT2D eigenvalue weighted by Gasteiger charge is 2.34. The van der Waals surface area contributed by atoms with Gasteiger partial charge in [-0.05, 0) is 44.7 Å². The van der Waals surface area contributed by atoms with Crippen LogP contribution in [0.4, 0.5) is 8.78 Å². The number of carbonyl (C=O) groups is 1. The third-order valence-corrected chi connectivity index (χ3v) is 4.39. The van der Waals surface area contributed by atoms with Crippen molar-refractivity contribution in [3.8, 4) is 5.75 Å². The Bertz CT molecular complexity index is 555. The van der Waals surface area contributed by atoms with Crippen molar-refractivity contribution < 1.29 is 18.3 Å². The number of fused-ring (bicyclic) bond motifs is 2. The van der Waals surface area contributed by atoms with Crippen LogP contribution in [-0.2, 0) is 4.79 Å². The van der Waals surface area contributed by atoms with Crippen LogP contribution in [-0.4, -0.2) is 30.1 Å². The predicted molar refractivity (Wildman–Crippen MR) is 77.6 cm³/mol. The molecule has 0 radical (unpaired) electrons. The smallest absolute Gasteiger partial charge is 0.260 e. The maximum absolute atomic E-state index is 13.1. The molecular weight excluding hydrogens is 290 g/mol. The fraction of sp³-hybridized carbons (Fsp3) is 0.562. The van der Waals surface area contributed by atoms with E-state index in [9.17, 15) is 13.6 Å². The van der Waals surface area contributed by atoms with Gasteiger partial charge in [0, 0.05) is 24.2 Å². The predicted octanol–water partition coefficient (Wildman–Crippen LogP) is 2.13. The van der Waals surface area contributed by atoms with Gasteiger partial charge in [-0.2, -0.15) is 0 Å². The first kappa shape index (κ1) is 15.2. The third-order valence-electron chi connectivity index (χ3n) is 4.39. The molecule has 3 rings (SSSR count). The van der Waals surface area contributed by atoms with E-state index in [4.69, 9.17) is 4.74 Å². The molecule has 0 saturated carbocycles. The minimum absolute atomic E-state index is 0.145. The second-order valence-corrected chi connectivity index (χ2v) is 6.15. The first-order chi connectivity index (χ1) is 10.5. The normalized spacial score (nSPS) is 28.2. The Kier molecular flexibility index (Phi) is 4.29. The summed E-state index contributed by atoms with van der Waals surface area (Å²) in [5, 5.41) is 6.51. The number of hydrogen-bond acceptors (Lipinski definition) is 3. The summed E-state index contributed by atoms with van der Waals surface area (Å²) >= 11 is 0. The van der Waals surface area contributed by atoms with Crippen LogP contribution in [0.15, 0.2) is 18.2 Å². The van der Waals surface area contributed by atoms with Gasteiger partial charge < -0.3 is 15.4 Å². The van der Waals surface area contributed by atoms with Gasteiger partial charge in [0.05, 0.1) is 0 Å². The Morgan fingerprint density at radius 1 is 1.27 bits per heavy atom. The molecule has 2 aliphatic heterocycles. The molecule has 1 aromatic rings. The van der Waals surface area contributed by atoms with Gasteiger partial charge in [0.15, 0.2) is 17.7 Å². The Labute approximate surface area is 128 Å². The lowest BCUT2D eigenvalue weighted by atomic mass is 9.99. The molecule has 6 heteroatoms. The van der Waals surface area contributed by atoms with Crippen molar-refractivity contribution in [1.82, 2.24) is 10.6 Å². The molecule has 2 N–H and O–H groups in total. The molecular formula is C16H20F2N2O2.